The number of likely N-dealkylation sites (N-methyl/N-ethyl adjacent to an activating group) is 1. The van der Waals surface area contributed by atoms with Crippen molar-refractivity contribution in [2.45, 2.75) is 19.8 Å². The second-order valence-corrected chi connectivity index (χ2v) is 3.76. The molecule has 0 aliphatic heterocycles. The largest absolute Gasteiger partial charge is 0.494 e. The molecular formula is C13H18N2O3. The minimum Gasteiger partial charge on any atom is -0.494 e. The smallest absolute Gasteiger partial charge is 0.313 e. The third-order valence-corrected chi connectivity index (χ3v) is 2.31. The van der Waals surface area contributed by atoms with Crippen molar-refractivity contribution in [3.05, 3.63) is 24.3 Å². The Labute approximate surface area is 107 Å². The minimum absolute atomic E-state index is 0.562. The molecule has 5 heteroatoms. The lowest BCUT2D eigenvalue weighted by atomic mass is 10.3. The van der Waals surface area contributed by atoms with Crippen LogP contribution in [0, 0.1) is 0 Å². The van der Waals surface area contributed by atoms with Crippen LogP contribution in [0.1, 0.15) is 19.8 Å². The molecule has 0 aliphatic rings. The molecule has 1 aromatic rings. The fraction of sp³-hybridized carbons (Fsp3) is 0.385. The number of nitrogens with one attached hydrogen (secondary N) is 2. The quantitative estimate of drug-likeness (QED) is 0.615. The molecule has 2 N–H and O–H groups in total. The number of rotatable bonds is 5. The van der Waals surface area contributed by atoms with Crippen LogP contribution in [0.4, 0.5) is 5.69 Å². The van der Waals surface area contributed by atoms with Gasteiger partial charge in [-0.1, -0.05) is 13.3 Å². The van der Waals surface area contributed by atoms with Gasteiger partial charge < -0.3 is 15.4 Å². The molecule has 0 radical (unpaired) electrons. The number of carbonyl (C=O) groups is 2. The van der Waals surface area contributed by atoms with Gasteiger partial charge in [-0.15, -0.1) is 0 Å². The van der Waals surface area contributed by atoms with Gasteiger partial charge in [-0.25, -0.2) is 0 Å². The van der Waals surface area contributed by atoms with E-state index in [2.05, 4.69) is 17.6 Å². The summed E-state index contributed by atoms with van der Waals surface area (Å²) in [6.45, 7) is 2.78. The van der Waals surface area contributed by atoms with Crippen LogP contribution in [0.5, 0.6) is 5.75 Å². The van der Waals surface area contributed by atoms with Crippen molar-refractivity contribution in [1.82, 2.24) is 5.32 Å². The molecule has 0 aromatic heterocycles. The molecule has 0 heterocycles. The van der Waals surface area contributed by atoms with Crippen LogP contribution >= 0.6 is 0 Å². The highest BCUT2D eigenvalue weighted by Crippen LogP contribution is 2.15. The number of ether oxygens (including phenoxy) is 1. The lowest BCUT2D eigenvalue weighted by Crippen LogP contribution is -2.32. The number of hydrogen-bond donors (Lipinski definition) is 2. The normalized spacial score (nSPS) is 9.67. The van der Waals surface area contributed by atoms with E-state index in [1.807, 2.05) is 0 Å². The van der Waals surface area contributed by atoms with Crippen LogP contribution in [-0.4, -0.2) is 25.5 Å². The van der Waals surface area contributed by atoms with Crippen molar-refractivity contribution in [2.24, 2.45) is 0 Å². The van der Waals surface area contributed by atoms with Crippen LogP contribution in [-0.2, 0) is 9.59 Å². The second-order valence-electron chi connectivity index (χ2n) is 3.76. The van der Waals surface area contributed by atoms with Gasteiger partial charge in [0.2, 0.25) is 0 Å². The Morgan fingerprint density at radius 2 is 1.83 bits per heavy atom. The predicted molar refractivity (Wildman–Crippen MR) is 69.5 cm³/mol. The Morgan fingerprint density at radius 3 is 2.39 bits per heavy atom. The van der Waals surface area contributed by atoms with E-state index in [9.17, 15) is 9.59 Å². The maximum Gasteiger partial charge on any atom is 0.313 e. The van der Waals surface area contributed by atoms with Crippen LogP contribution in [0.25, 0.3) is 0 Å². The summed E-state index contributed by atoms with van der Waals surface area (Å²) in [5.41, 5.74) is 0.562. The molecule has 0 atom stereocenters. The zero-order valence-electron chi connectivity index (χ0n) is 10.7. The molecule has 1 rings (SSSR count). The van der Waals surface area contributed by atoms with Gasteiger partial charge in [0.1, 0.15) is 5.75 Å². The van der Waals surface area contributed by atoms with Gasteiger partial charge in [0.05, 0.1) is 6.61 Å². The molecule has 0 saturated carbocycles. The average Bonchev–Trinajstić information content (AvgIpc) is 2.40. The summed E-state index contributed by atoms with van der Waals surface area (Å²) in [6, 6.07) is 6.91. The summed E-state index contributed by atoms with van der Waals surface area (Å²) < 4.78 is 5.48. The highest BCUT2D eigenvalue weighted by molar-refractivity contribution is 6.39. The Kier molecular flexibility index (Phi) is 5.70. The standard InChI is InChI=1S/C13H18N2O3/c1-3-4-9-18-11-7-5-10(6-8-11)15-13(17)12(16)14-2/h5-8H,3-4,9H2,1-2H3,(H,14,16)(H,15,17). The summed E-state index contributed by atoms with van der Waals surface area (Å²) in [5, 5.41) is 4.74. The number of amides is 2. The summed E-state index contributed by atoms with van der Waals surface area (Å²) in [6.07, 6.45) is 2.09. The molecule has 98 valence electrons. The van der Waals surface area contributed by atoms with E-state index in [4.69, 9.17) is 4.74 Å². The summed E-state index contributed by atoms with van der Waals surface area (Å²) >= 11 is 0. The van der Waals surface area contributed by atoms with Gasteiger partial charge in [-0.3, -0.25) is 9.59 Å². The summed E-state index contributed by atoms with van der Waals surface area (Å²) in [4.78, 5) is 22.3. The number of hydrogen-bond acceptors (Lipinski definition) is 3. The molecular weight excluding hydrogens is 232 g/mol. The predicted octanol–water partition coefficient (Wildman–Crippen LogP) is 1.55. The number of unbranched alkanes of at least 4 members (excludes halogenated alkanes) is 1. The Balaban J connectivity index is 2.49. The Morgan fingerprint density at radius 1 is 1.17 bits per heavy atom. The van der Waals surface area contributed by atoms with Gasteiger partial charge >= 0.3 is 11.8 Å². The fourth-order valence-electron chi connectivity index (χ4n) is 1.27. The fourth-order valence-corrected chi connectivity index (χ4v) is 1.27. The number of benzene rings is 1. The van der Waals surface area contributed by atoms with E-state index >= 15 is 0 Å². The molecule has 5 nitrogen and oxygen atoms in total. The third-order valence-electron chi connectivity index (χ3n) is 2.31. The summed E-state index contributed by atoms with van der Waals surface area (Å²) in [5.74, 6) is -0.600. The SMILES string of the molecule is CCCCOc1ccc(NC(=O)C(=O)NC)cc1. The zero-order chi connectivity index (χ0) is 13.4. The van der Waals surface area contributed by atoms with Crippen molar-refractivity contribution >= 4 is 17.5 Å². The van der Waals surface area contributed by atoms with Crippen molar-refractivity contribution in [2.75, 3.05) is 19.0 Å². The third kappa shape index (κ3) is 4.45. The van der Waals surface area contributed by atoms with Crippen LogP contribution in [0.15, 0.2) is 24.3 Å². The second kappa shape index (κ2) is 7.32. The first-order valence-electron chi connectivity index (χ1n) is 5.93. The lowest BCUT2D eigenvalue weighted by molar-refractivity contribution is -0.135. The highest BCUT2D eigenvalue weighted by Gasteiger charge is 2.10. The van der Waals surface area contributed by atoms with Crippen LogP contribution < -0.4 is 15.4 Å². The van der Waals surface area contributed by atoms with E-state index in [0.29, 0.717) is 12.3 Å². The van der Waals surface area contributed by atoms with Crippen LogP contribution in [0.3, 0.4) is 0 Å². The molecule has 0 saturated heterocycles. The number of carbonyl (C=O) groups excluding carboxylic acids is 2. The van der Waals surface area contributed by atoms with E-state index in [1.165, 1.54) is 7.05 Å². The monoisotopic (exact) mass is 250 g/mol. The van der Waals surface area contributed by atoms with Crippen molar-refractivity contribution in [1.29, 1.82) is 0 Å². The van der Waals surface area contributed by atoms with E-state index in [1.54, 1.807) is 24.3 Å². The molecule has 0 fully saturated rings. The Hall–Kier alpha value is -2.04. The van der Waals surface area contributed by atoms with Crippen molar-refractivity contribution < 1.29 is 14.3 Å². The number of anilines is 1. The first kappa shape index (κ1) is 14.0. The minimum atomic E-state index is -0.683. The van der Waals surface area contributed by atoms with Gasteiger partial charge in [0.25, 0.3) is 0 Å². The molecule has 0 aliphatic carbocycles. The maximum atomic E-state index is 11.3. The first-order chi connectivity index (χ1) is 8.67. The van der Waals surface area contributed by atoms with Gasteiger partial charge in [-0.05, 0) is 30.7 Å². The average molecular weight is 250 g/mol. The summed E-state index contributed by atoms with van der Waals surface area (Å²) in [7, 11) is 1.41. The Bertz CT molecular complexity index is 401. The van der Waals surface area contributed by atoms with Crippen molar-refractivity contribution in [3.63, 3.8) is 0 Å². The van der Waals surface area contributed by atoms with Gasteiger partial charge in [0, 0.05) is 12.7 Å². The topological polar surface area (TPSA) is 67.4 Å². The van der Waals surface area contributed by atoms with E-state index < -0.39 is 11.8 Å². The van der Waals surface area contributed by atoms with Crippen molar-refractivity contribution in [3.8, 4) is 5.75 Å². The lowest BCUT2D eigenvalue weighted by Gasteiger charge is -2.07. The maximum absolute atomic E-state index is 11.3. The molecule has 18 heavy (non-hydrogen) atoms. The van der Waals surface area contributed by atoms with E-state index in [-0.39, 0.29) is 0 Å². The highest BCUT2D eigenvalue weighted by atomic mass is 16.5. The van der Waals surface area contributed by atoms with Gasteiger partial charge in [0.15, 0.2) is 0 Å². The molecule has 2 amide bonds. The molecule has 1 aromatic carbocycles. The van der Waals surface area contributed by atoms with Gasteiger partial charge in [-0.2, -0.15) is 0 Å². The zero-order valence-corrected chi connectivity index (χ0v) is 10.7. The van der Waals surface area contributed by atoms with Crippen LogP contribution in [0.2, 0.25) is 0 Å². The molecule has 0 unspecified atom stereocenters. The first-order valence-corrected chi connectivity index (χ1v) is 5.93. The molecule has 0 spiro atoms. The molecule has 0 bridgehead atoms. The van der Waals surface area contributed by atoms with E-state index in [0.717, 1.165) is 18.6 Å².